The van der Waals surface area contributed by atoms with E-state index in [2.05, 4.69) is 12.1 Å². The average Bonchev–Trinajstić information content (AvgIpc) is 3.30. The van der Waals surface area contributed by atoms with Crippen LogP contribution in [0.5, 0.6) is 0 Å². The van der Waals surface area contributed by atoms with Crippen molar-refractivity contribution in [2.75, 3.05) is 6.61 Å². The van der Waals surface area contributed by atoms with Gasteiger partial charge in [-0.3, -0.25) is 4.79 Å². The molecule has 3 aliphatic rings. The van der Waals surface area contributed by atoms with Crippen molar-refractivity contribution in [2.24, 2.45) is 22.7 Å². The third kappa shape index (κ3) is 2.21. The highest BCUT2D eigenvalue weighted by Gasteiger charge is 2.64. The molecule has 0 unspecified atom stereocenters. The van der Waals surface area contributed by atoms with Crippen molar-refractivity contribution < 1.29 is 19.1 Å². The van der Waals surface area contributed by atoms with E-state index in [0.717, 1.165) is 12.0 Å². The zero-order valence-corrected chi connectivity index (χ0v) is 14.8. The first kappa shape index (κ1) is 16.8. The molecule has 0 aromatic heterocycles. The number of hydrogen-bond acceptors (Lipinski definition) is 5. The molecule has 134 valence electrons. The molecule has 0 radical (unpaired) electrons. The second-order valence-electron chi connectivity index (χ2n) is 8.14. The van der Waals surface area contributed by atoms with Gasteiger partial charge in [-0.2, -0.15) is 5.26 Å². The third-order valence-electron chi connectivity index (χ3n) is 6.04. The quantitative estimate of drug-likeness (QED) is 0.618. The van der Waals surface area contributed by atoms with Gasteiger partial charge in [0.25, 0.3) is 0 Å². The first-order chi connectivity index (χ1) is 12.4. The molecule has 26 heavy (non-hydrogen) atoms. The zero-order valence-electron chi connectivity index (χ0n) is 14.8. The fourth-order valence-electron chi connectivity index (χ4n) is 4.67. The van der Waals surface area contributed by atoms with Crippen LogP contribution in [0.25, 0.3) is 0 Å². The largest absolute Gasteiger partial charge is 0.462 e. The lowest BCUT2D eigenvalue weighted by Gasteiger charge is -2.35. The highest BCUT2D eigenvalue weighted by atomic mass is 16.6. The molecule has 0 amide bonds. The van der Waals surface area contributed by atoms with Crippen molar-refractivity contribution in [3.8, 4) is 6.07 Å². The second kappa shape index (κ2) is 5.70. The Hall–Kier alpha value is -2.61. The number of hydrogen-bond donors (Lipinski definition) is 0. The Balaban J connectivity index is 1.72. The number of benzene rings is 1. The first-order valence-corrected chi connectivity index (χ1v) is 8.92. The summed E-state index contributed by atoms with van der Waals surface area (Å²) < 4.78 is 10.7. The van der Waals surface area contributed by atoms with Gasteiger partial charge in [-0.1, -0.05) is 56.3 Å². The number of rotatable bonds is 3. The smallest absolute Gasteiger partial charge is 0.348 e. The first-order valence-electron chi connectivity index (χ1n) is 8.92. The minimum atomic E-state index is -1.31. The average molecular weight is 351 g/mol. The maximum Gasteiger partial charge on any atom is 0.348 e. The van der Waals surface area contributed by atoms with Crippen LogP contribution in [0.2, 0.25) is 0 Å². The second-order valence-corrected chi connectivity index (χ2v) is 8.14. The van der Waals surface area contributed by atoms with Gasteiger partial charge >= 0.3 is 11.9 Å². The number of ether oxygens (including phenoxy) is 2. The minimum absolute atomic E-state index is 0.123. The van der Waals surface area contributed by atoms with Gasteiger partial charge in [-0.15, -0.1) is 0 Å². The summed E-state index contributed by atoms with van der Waals surface area (Å²) >= 11 is 0. The van der Waals surface area contributed by atoms with Gasteiger partial charge < -0.3 is 9.47 Å². The Kier molecular flexibility index (Phi) is 3.69. The van der Waals surface area contributed by atoms with Gasteiger partial charge in [0.15, 0.2) is 5.41 Å². The lowest BCUT2D eigenvalue weighted by molar-refractivity contribution is -0.171. The minimum Gasteiger partial charge on any atom is -0.462 e. The molecule has 1 aromatic rings. The van der Waals surface area contributed by atoms with Crippen LogP contribution in [0, 0.1) is 34.0 Å². The van der Waals surface area contributed by atoms with Gasteiger partial charge in [-0.25, -0.2) is 4.79 Å². The fraction of sp³-hybridized carbons (Fsp3) is 0.476. The number of allylic oxidation sites excluding steroid dienone is 2. The van der Waals surface area contributed by atoms with E-state index in [1.807, 2.05) is 50.3 Å². The van der Waals surface area contributed by atoms with Gasteiger partial charge in [-0.05, 0) is 17.9 Å². The van der Waals surface area contributed by atoms with E-state index in [9.17, 15) is 14.9 Å². The molecule has 4 rings (SSSR count). The van der Waals surface area contributed by atoms with Crippen LogP contribution < -0.4 is 0 Å². The van der Waals surface area contributed by atoms with Crippen molar-refractivity contribution in [1.29, 1.82) is 5.26 Å². The molecule has 2 aliphatic carbocycles. The predicted molar refractivity (Wildman–Crippen MR) is 92.6 cm³/mol. The summed E-state index contributed by atoms with van der Waals surface area (Å²) in [4.78, 5) is 25.3. The summed E-state index contributed by atoms with van der Waals surface area (Å²) in [5, 5.41) is 10.1. The Morgan fingerprint density at radius 2 is 2.00 bits per heavy atom. The molecule has 1 aliphatic heterocycles. The number of cyclic esters (lactones) is 1. The molecule has 5 heteroatoms. The molecular formula is C21H21NO4. The summed E-state index contributed by atoms with van der Waals surface area (Å²) in [5.74, 6) is -1.49. The van der Waals surface area contributed by atoms with E-state index in [-0.39, 0.29) is 24.4 Å². The molecule has 2 fully saturated rings. The SMILES string of the molecule is CC1(C)COC(=O)[C@@H]1OC(=O)[C@@]1(C#N)[C@H](c2ccccc2)[C@@H]2C=C[C@H]1C2. The molecule has 0 N–H and O–H groups in total. The molecule has 1 saturated heterocycles. The van der Waals surface area contributed by atoms with E-state index < -0.39 is 28.9 Å². The summed E-state index contributed by atoms with van der Waals surface area (Å²) in [7, 11) is 0. The number of carbonyl (C=O) groups is 2. The van der Waals surface area contributed by atoms with Crippen molar-refractivity contribution >= 4 is 11.9 Å². The van der Waals surface area contributed by atoms with E-state index >= 15 is 0 Å². The molecule has 1 heterocycles. The fourth-order valence-corrected chi connectivity index (χ4v) is 4.67. The van der Waals surface area contributed by atoms with Gasteiger partial charge in [0.05, 0.1) is 6.07 Å². The van der Waals surface area contributed by atoms with E-state index in [4.69, 9.17) is 9.47 Å². The molecule has 1 aromatic carbocycles. The normalized spacial score (nSPS) is 36.6. The Bertz CT molecular complexity index is 822. The van der Waals surface area contributed by atoms with E-state index in [0.29, 0.717) is 0 Å². The van der Waals surface area contributed by atoms with Crippen LogP contribution in [-0.2, 0) is 19.1 Å². The van der Waals surface area contributed by atoms with Crippen LogP contribution >= 0.6 is 0 Å². The molecule has 5 nitrogen and oxygen atoms in total. The van der Waals surface area contributed by atoms with Crippen molar-refractivity contribution in [1.82, 2.24) is 0 Å². The Morgan fingerprint density at radius 3 is 2.62 bits per heavy atom. The zero-order chi connectivity index (χ0) is 18.5. The standard InChI is InChI=1S/C21H21NO4/c1-20(2)12-25-18(23)17(20)26-19(24)21(11-22)15-9-8-14(10-15)16(21)13-6-4-3-5-7-13/h3-9,14-17H,10,12H2,1-2H3/t14-,15+,16-,17+,21-/m1/s1. The molecule has 2 bridgehead atoms. The predicted octanol–water partition coefficient (Wildman–Crippen LogP) is 2.98. The number of esters is 2. The highest BCUT2D eigenvalue weighted by molar-refractivity contribution is 5.87. The topological polar surface area (TPSA) is 76.4 Å². The molecular weight excluding hydrogens is 330 g/mol. The molecule has 5 atom stereocenters. The monoisotopic (exact) mass is 351 g/mol. The van der Waals surface area contributed by atoms with Crippen molar-refractivity contribution in [3.63, 3.8) is 0 Å². The number of nitrogens with zero attached hydrogens (tertiary/aromatic N) is 1. The Morgan fingerprint density at radius 1 is 1.27 bits per heavy atom. The van der Waals surface area contributed by atoms with Crippen molar-refractivity contribution in [2.45, 2.75) is 32.3 Å². The van der Waals surface area contributed by atoms with Crippen LogP contribution in [0.15, 0.2) is 42.5 Å². The van der Waals surface area contributed by atoms with E-state index in [1.54, 1.807) is 0 Å². The van der Waals surface area contributed by atoms with Gasteiger partial charge in [0.2, 0.25) is 6.10 Å². The third-order valence-corrected chi connectivity index (χ3v) is 6.04. The van der Waals surface area contributed by atoms with Crippen LogP contribution in [0.3, 0.4) is 0 Å². The van der Waals surface area contributed by atoms with Gasteiger partial charge in [0.1, 0.15) is 6.61 Å². The highest BCUT2D eigenvalue weighted by Crippen LogP contribution is 2.61. The lowest BCUT2D eigenvalue weighted by atomic mass is 9.66. The maximum absolute atomic E-state index is 13.3. The number of nitriles is 1. The van der Waals surface area contributed by atoms with Gasteiger partial charge in [0, 0.05) is 17.3 Å². The van der Waals surface area contributed by atoms with E-state index in [1.165, 1.54) is 0 Å². The lowest BCUT2D eigenvalue weighted by Crippen LogP contribution is -2.45. The summed E-state index contributed by atoms with van der Waals surface area (Å²) in [6, 6.07) is 11.9. The summed E-state index contributed by atoms with van der Waals surface area (Å²) in [5.41, 5.74) is -0.949. The number of carbonyl (C=O) groups excluding carboxylic acids is 2. The van der Waals surface area contributed by atoms with Crippen LogP contribution in [-0.4, -0.2) is 24.6 Å². The van der Waals surface area contributed by atoms with Crippen LogP contribution in [0.1, 0.15) is 31.7 Å². The summed E-state index contributed by atoms with van der Waals surface area (Å²) in [6.45, 7) is 3.85. The van der Waals surface area contributed by atoms with Crippen LogP contribution in [0.4, 0.5) is 0 Å². The maximum atomic E-state index is 13.3. The van der Waals surface area contributed by atoms with Crippen molar-refractivity contribution in [3.05, 3.63) is 48.0 Å². The molecule has 1 saturated carbocycles. The molecule has 0 spiro atoms. The number of fused-ring (bicyclic) bond motifs is 2. The Labute approximate surface area is 152 Å². The summed E-state index contributed by atoms with van der Waals surface area (Å²) in [6.07, 6.45) is 3.83.